The molecule has 1 N–H and O–H groups in total. The van der Waals surface area contributed by atoms with Gasteiger partial charge in [0.25, 0.3) is 5.78 Å². The first-order valence-electron chi connectivity index (χ1n) is 11.7. The second-order valence-electron chi connectivity index (χ2n) is 8.21. The van der Waals surface area contributed by atoms with Crippen molar-refractivity contribution in [1.82, 2.24) is 4.98 Å². The number of benzene rings is 3. The number of hydrogen-bond donors (Lipinski definition) is 1. The smallest absolute Gasteiger partial charge is 0.301 e. The van der Waals surface area contributed by atoms with Gasteiger partial charge in [-0.1, -0.05) is 29.5 Å². The minimum absolute atomic E-state index is 0.0726. The maximum Gasteiger partial charge on any atom is 0.301 e. The fourth-order valence-electron chi connectivity index (χ4n) is 4.30. The number of anilines is 1. The van der Waals surface area contributed by atoms with Crippen LogP contribution in [-0.4, -0.2) is 35.0 Å². The molecule has 0 radical (unpaired) electrons. The minimum atomic E-state index is -1.21. The first-order valence-corrected chi connectivity index (χ1v) is 12.6. The van der Waals surface area contributed by atoms with Crippen molar-refractivity contribution in [3.05, 3.63) is 89.2 Å². The van der Waals surface area contributed by atoms with E-state index in [1.54, 1.807) is 48.5 Å². The number of hydrogen-bond acceptors (Lipinski definition) is 7. The minimum Gasteiger partial charge on any atom is -0.507 e. The van der Waals surface area contributed by atoms with Crippen molar-refractivity contribution in [2.75, 3.05) is 18.1 Å². The van der Waals surface area contributed by atoms with Crippen LogP contribution in [0.4, 0.5) is 9.52 Å². The Bertz CT molecular complexity index is 1530. The molecule has 9 heteroatoms. The number of aliphatic hydroxyl groups is 1. The van der Waals surface area contributed by atoms with Crippen molar-refractivity contribution in [3.63, 3.8) is 0 Å². The van der Waals surface area contributed by atoms with Crippen molar-refractivity contribution in [2.45, 2.75) is 19.9 Å². The number of rotatable bonds is 7. The van der Waals surface area contributed by atoms with E-state index in [2.05, 4.69) is 4.98 Å². The fourth-order valence-corrected chi connectivity index (χ4v) is 5.33. The lowest BCUT2D eigenvalue weighted by Gasteiger charge is -2.23. The van der Waals surface area contributed by atoms with Gasteiger partial charge in [-0.05, 0) is 62.4 Å². The van der Waals surface area contributed by atoms with E-state index in [1.807, 2.05) is 13.8 Å². The molecule has 7 nitrogen and oxygen atoms in total. The van der Waals surface area contributed by atoms with Crippen molar-refractivity contribution in [1.29, 1.82) is 0 Å². The van der Waals surface area contributed by atoms with E-state index in [9.17, 15) is 14.7 Å². The Kier molecular flexibility index (Phi) is 6.62. The van der Waals surface area contributed by atoms with Crippen LogP contribution in [-0.2, 0) is 9.59 Å². The number of nitrogens with zero attached hydrogens (tertiary/aromatic N) is 2. The number of amides is 1. The van der Waals surface area contributed by atoms with Gasteiger partial charge in [0.15, 0.2) is 5.13 Å². The fraction of sp³-hybridized carbons (Fsp3) is 0.179. The third kappa shape index (κ3) is 4.42. The number of fused-ring (bicyclic) bond motifs is 1. The van der Waals surface area contributed by atoms with Crippen LogP contribution >= 0.6 is 11.3 Å². The van der Waals surface area contributed by atoms with Crippen molar-refractivity contribution >= 4 is 44.1 Å². The van der Waals surface area contributed by atoms with Crippen LogP contribution in [0, 0.1) is 5.82 Å². The first-order chi connectivity index (χ1) is 17.9. The van der Waals surface area contributed by atoms with E-state index in [-0.39, 0.29) is 16.3 Å². The van der Waals surface area contributed by atoms with Crippen LogP contribution in [0.15, 0.2) is 72.3 Å². The molecule has 1 fully saturated rings. The van der Waals surface area contributed by atoms with Crippen molar-refractivity contribution in [2.24, 2.45) is 0 Å². The molecule has 0 bridgehead atoms. The van der Waals surface area contributed by atoms with E-state index >= 15 is 4.39 Å². The highest BCUT2D eigenvalue weighted by molar-refractivity contribution is 7.22. The first kappa shape index (κ1) is 24.5. The SMILES string of the molecule is CCOc1ccc(/C(O)=C2\C(=O)C(=O)N(c3nc4ccc(OCC)cc4s3)C2c2ccccc2F)cc1. The van der Waals surface area contributed by atoms with Gasteiger partial charge in [0.1, 0.15) is 29.1 Å². The summed E-state index contributed by atoms with van der Waals surface area (Å²) in [7, 11) is 0. The molecule has 0 aliphatic carbocycles. The number of ketones is 1. The molecule has 0 spiro atoms. The Balaban J connectivity index is 1.67. The number of carbonyl (C=O) groups excluding carboxylic acids is 2. The van der Waals surface area contributed by atoms with E-state index in [1.165, 1.54) is 29.5 Å². The van der Waals surface area contributed by atoms with Crippen LogP contribution < -0.4 is 14.4 Å². The van der Waals surface area contributed by atoms with Gasteiger partial charge < -0.3 is 14.6 Å². The summed E-state index contributed by atoms with van der Waals surface area (Å²) < 4.78 is 26.8. The molecule has 37 heavy (non-hydrogen) atoms. The largest absolute Gasteiger partial charge is 0.507 e. The topological polar surface area (TPSA) is 89.0 Å². The lowest BCUT2D eigenvalue weighted by molar-refractivity contribution is -0.132. The van der Waals surface area contributed by atoms with Gasteiger partial charge in [0, 0.05) is 11.1 Å². The number of aromatic nitrogens is 1. The highest BCUT2D eigenvalue weighted by Gasteiger charge is 2.49. The molecule has 3 aromatic carbocycles. The maximum atomic E-state index is 15.1. The Morgan fingerprint density at radius 1 is 1.00 bits per heavy atom. The normalized spacial score (nSPS) is 16.9. The molecule has 1 aromatic heterocycles. The Morgan fingerprint density at radius 3 is 2.38 bits per heavy atom. The van der Waals surface area contributed by atoms with Crippen LogP contribution in [0.25, 0.3) is 16.0 Å². The molecular formula is C28H23FN2O5S. The van der Waals surface area contributed by atoms with E-state index in [4.69, 9.17) is 9.47 Å². The summed E-state index contributed by atoms with van der Waals surface area (Å²) in [6.45, 7) is 4.69. The van der Waals surface area contributed by atoms with Crippen molar-refractivity contribution in [3.8, 4) is 11.5 Å². The van der Waals surface area contributed by atoms with Crippen LogP contribution in [0.1, 0.15) is 31.0 Å². The molecule has 1 unspecified atom stereocenters. The maximum absolute atomic E-state index is 15.1. The number of thiazole rings is 1. The van der Waals surface area contributed by atoms with Gasteiger partial charge in [0.05, 0.1) is 29.0 Å². The summed E-state index contributed by atoms with van der Waals surface area (Å²) >= 11 is 1.18. The Labute approximate surface area is 216 Å². The van der Waals surface area contributed by atoms with Crippen LogP contribution in [0.3, 0.4) is 0 Å². The van der Waals surface area contributed by atoms with Gasteiger partial charge >= 0.3 is 5.91 Å². The second kappa shape index (κ2) is 10.0. The van der Waals surface area contributed by atoms with Gasteiger partial charge in [0.2, 0.25) is 0 Å². The van der Waals surface area contributed by atoms with Gasteiger partial charge in [-0.3, -0.25) is 14.5 Å². The summed E-state index contributed by atoms with van der Waals surface area (Å²) in [6, 6.07) is 16.5. The molecule has 0 saturated carbocycles. The molecule has 1 atom stereocenters. The van der Waals surface area contributed by atoms with E-state index in [0.29, 0.717) is 35.8 Å². The van der Waals surface area contributed by atoms with Gasteiger partial charge in [-0.15, -0.1) is 0 Å². The summed E-state index contributed by atoms with van der Waals surface area (Å²) in [4.78, 5) is 32.4. The average Bonchev–Trinajstić information content (AvgIpc) is 3.42. The number of Topliss-reactive ketones (excluding diaryl/α,β-unsaturated/α-hetero) is 1. The predicted octanol–water partition coefficient (Wildman–Crippen LogP) is 5.86. The van der Waals surface area contributed by atoms with Crippen LogP contribution in [0.2, 0.25) is 0 Å². The summed E-state index contributed by atoms with van der Waals surface area (Å²) in [5.74, 6) is -1.60. The highest BCUT2D eigenvalue weighted by Crippen LogP contribution is 2.45. The zero-order valence-electron chi connectivity index (χ0n) is 20.1. The highest BCUT2D eigenvalue weighted by atomic mass is 32.1. The zero-order chi connectivity index (χ0) is 26.1. The van der Waals surface area contributed by atoms with Gasteiger partial charge in [-0.25, -0.2) is 9.37 Å². The molecule has 1 aliphatic heterocycles. The molecule has 1 saturated heterocycles. The lowest BCUT2D eigenvalue weighted by Crippen LogP contribution is -2.29. The monoisotopic (exact) mass is 518 g/mol. The van der Waals surface area contributed by atoms with E-state index in [0.717, 1.165) is 9.60 Å². The Hall–Kier alpha value is -4.24. The lowest BCUT2D eigenvalue weighted by atomic mass is 9.95. The van der Waals surface area contributed by atoms with Crippen molar-refractivity contribution < 1.29 is 28.6 Å². The summed E-state index contributed by atoms with van der Waals surface area (Å²) in [5.41, 5.74) is 0.759. The van der Waals surface area contributed by atoms with E-state index < -0.39 is 29.3 Å². The average molecular weight is 519 g/mol. The van der Waals surface area contributed by atoms with Crippen LogP contribution in [0.5, 0.6) is 11.5 Å². The molecule has 1 amide bonds. The summed E-state index contributed by atoms with van der Waals surface area (Å²) in [5, 5.41) is 11.4. The number of carbonyl (C=O) groups is 2. The molecule has 1 aliphatic rings. The molecule has 5 rings (SSSR count). The quantitative estimate of drug-likeness (QED) is 0.187. The second-order valence-corrected chi connectivity index (χ2v) is 9.22. The van der Waals surface area contributed by atoms with Gasteiger partial charge in [-0.2, -0.15) is 0 Å². The molecule has 2 heterocycles. The third-order valence-corrected chi connectivity index (χ3v) is 6.97. The third-order valence-electron chi connectivity index (χ3n) is 5.95. The number of aliphatic hydroxyl groups excluding tert-OH is 1. The zero-order valence-corrected chi connectivity index (χ0v) is 20.9. The number of halogens is 1. The summed E-state index contributed by atoms with van der Waals surface area (Å²) in [6.07, 6.45) is 0. The number of ether oxygens (including phenoxy) is 2. The molecule has 188 valence electrons. The molecular weight excluding hydrogens is 495 g/mol. The molecule has 4 aromatic rings. The predicted molar refractivity (Wildman–Crippen MR) is 140 cm³/mol. The Morgan fingerprint density at radius 2 is 1.68 bits per heavy atom. The standard InChI is InChI=1S/C28H23FN2O5S/c1-3-35-17-11-9-16(10-12-17)25(32)23-24(19-7-5-6-8-20(19)29)31(27(34)26(23)33)28-30-21-14-13-18(36-4-2)15-22(21)37-28/h5-15,24,32H,3-4H2,1-2H3/b25-23+.